The standard InChI is InChI=1S/C15H14N4O2S2/c1-10(13(20)17-9-12-3-2-8-22-12)23-15-19-18-14(21-15)11-4-6-16-7-5-11/h2-8,10H,9H2,1H3,(H,17,20)/t10-/m1/s1. The van der Waals surface area contributed by atoms with E-state index in [4.69, 9.17) is 4.42 Å². The fourth-order valence-corrected chi connectivity index (χ4v) is 3.16. The van der Waals surface area contributed by atoms with E-state index >= 15 is 0 Å². The first-order valence-electron chi connectivity index (χ1n) is 6.93. The smallest absolute Gasteiger partial charge is 0.277 e. The van der Waals surface area contributed by atoms with Gasteiger partial charge in [-0.1, -0.05) is 17.8 Å². The fourth-order valence-electron chi connectivity index (χ4n) is 1.80. The number of hydrogen-bond donors (Lipinski definition) is 1. The molecule has 0 saturated carbocycles. The van der Waals surface area contributed by atoms with Crippen LogP contribution in [0.1, 0.15) is 11.8 Å². The highest BCUT2D eigenvalue weighted by Crippen LogP contribution is 2.25. The lowest BCUT2D eigenvalue weighted by atomic mass is 10.3. The second-order valence-corrected chi connectivity index (χ2v) is 6.99. The quantitative estimate of drug-likeness (QED) is 0.691. The van der Waals surface area contributed by atoms with Crippen molar-refractivity contribution >= 4 is 29.0 Å². The van der Waals surface area contributed by atoms with Gasteiger partial charge in [-0.25, -0.2) is 0 Å². The van der Waals surface area contributed by atoms with Crippen molar-refractivity contribution in [2.45, 2.75) is 23.9 Å². The van der Waals surface area contributed by atoms with Crippen LogP contribution in [0.4, 0.5) is 0 Å². The third-order valence-corrected chi connectivity index (χ3v) is 4.81. The van der Waals surface area contributed by atoms with Crippen LogP contribution in [0.15, 0.2) is 51.7 Å². The van der Waals surface area contributed by atoms with E-state index in [1.165, 1.54) is 11.8 Å². The minimum Gasteiger partial charge on any atom is -0.411 e. The Labute approximate surface area is 141 Å². The molecule has 8 heteroatoms. The van der Waals surface area contributed by atoms with Crippen LogP contribution in [0.25, 0.3) is 11.5 Å². The van der Waals surface area contributed by atoms with Gasteiger partial charge in [0, 0.05) is 22.8 Å². The van der Waals surface area contributed by atoms with Gasteiger partial charge in [0.15, 0.2) is 0 Å². The number of thiophene rings is 1. The number of nitrogens with zero attached hydrogens (tertiary/aromatic N) is 3. The van der Waals surface area contributed by atoms with Gasteiger partial charge in [0.05, 0.1) is 11.8 Å². The van der Waals surface area contributed by atoms with Crippen molar-refractivity contribution in [3.8, 4) is 11.5 Å². The van der Waals surface area contributed by atoms with Crippen molar-refractivity contribution in [2.75, 3.05) is 0 Å². The van der Waals surface area contributed by atoms with Crippen molar-refractivity contribution in [3.63, 3.8) is 0 Å². The van der Waals surface area contributed by atoms with Crippen LogP contribution < -0.4 is 5.32 Å². The van der Waals surface area contributed by atoms with Crippen molar-refractivity contribution < 1.29 is 9.21 Å². The predicted molar refractivity (Wildman–Crippen MR) is 89.0 cm³/mol. The lowest BCUT2D eigenvalue weighted by Gasteiger charge is -2.08. The molecule has 0 aromatic carbocycles. The van der Waals surface area contributed by atoms with E-state index in [0.717, 1.165) is 10.4 Å². The van der Waals surface area contributed by atoms with Gasteiger partial charge < -0.3 is 9.73 Å². The fraction of sp³-hybridized carbons (Fsp3) is 0.200. The normalized spacial score (nSPS) is 12.0. The van der Waals surface area contributed by atoms with Gasteiger partial charge in [-0.3, -0.25) is 9.78 Å². The summed E-state index contributed by atoms with van der Waals surface area (Å²) in [6.45, 7) is 2.35. The van der Waals surface area contributed by atoms with E-state index in [9.17, 15) is 4.79 Å². The number of pyridine rings is 1. The molecule has 0 spiro atoms. The number of aromatic nitrogens is 3. The Balaban J connectivity index is 1.56. The highest BCUT2D eigenvalue weighted by atomic mass is 32.2. The van der Waals surface area contributed by atoms with Crippen molar-refractivity contribution in [1.29, 1.82) is 0 Å². The van der Waals surface area contributed by atoms with Crippen LogP contribution in [0.3, 0.4) is 0 Å². The summed E-state index contributed by atoms with van der Waals surface area (Å²) in [6.07, 6.45) is 3.32. The summed E-state index contributed by atoms with van der Waals surface area (Å²) in [6, 6.07) is 7.53. The third kappa shape index (κ3) is 4.17. The Kier molecular flexibility index (Phi) is 5.04. The monoisotopic (exact) mass is 346 g/mol. The summed E-state index contributed by atoms with van der Waals surface area (Å²) in [7, 11) is 0. The summed E-state index contributed by atoms with van der Waals surface area (Å²) in [5.74, 6) is 0.355. The summed E-state index contributed by atoms with van der Waals surface area (Å²) in [5, 5.41) is 12.9. The first-order valence-corrected chi connectivity index (χ1v) is 8.69. The Morgan fingerprint density at radius 2 is 2.17 bits per heavy atom. The molecule has 0 fully saturated rings. The summed E-state index contributed by atoms with van der Waals surface area (Å²) < 4.78 is 5.58. The van der Waals surface area contributed by atoms with Gasteiger partial charge in [0.1, 0.15) is 0 Å². The van der Waals surface area contributed by atoms with E-state index in [2.05, 4.69) is 20.5 Å². The predicted octanol–water partition coefficient (Wildman–Crippen LogP) is 2.99. The number of hydrogen-bond acceptors (Lipinski definition) is 7. The molecule has 0 aliphatic carbocycles. The Morgan fingerprint density at radius 1 is 1.35 bits per heavy atom. The maximum Gasteiger partial charge on any atom is 0.277 e. The molecule has 0 unspecified atom stereocenters. The van der Waals surface area contributed by atoms with E-state index in [-0.39, 0.29) is 11.2 Å². The number of carbonyl (C=O) groups excluding carboxylic acids is 1. The van der Waals surface area contributed by atoms with Crippen molar-refractivity contribution in [2.24, 2.45) is 0 Å². The van der Waals surface area contributed by atoms with E-state index in [0.29, 0.717) is 17.7 Å². The number of thioether (sulfide) groups is 1. The number of amides is 1. The molecule has 3 rings (SSSR count). The number of carbonyl (C=O) groups is 1. The lowest BCUT2D eigenvalue weighted by molar-refractivity contribution is -0.120. The van der Waals surface area contributed by atoms with Gasteiger partial charge in [0.2, 0.25) is 11.8 Å². The molecule has 1 N–H and O–H groups in total. The van der Waals surface area contributed by atoms with Gasteiger partial charge in [-0.2, -0.15) is 0 Å². The summed E-state index contributed by atoms with van der Waals surface area (Å²) >= 11 is 2.85. The Bertz CT molecular complexity index is 759. The first-order chi connectivity index (χ1) is 11.2. The molecular formula is C15H14N4O2S2. The average Bonchev–Trinajstić information content (AvgIpc) is 3.25. The lowest BCUT2D eigenvalue weighted by Crippen LogP contribution is -2.30. The van der Waals surface area contributed by atoms with E-state index in [1.54, 1.807) is 35.9 Å². The van der Waals surface area contributed by atoms with Crippen LogP contribution in [0.2, 0.25) is 0 Å². The van der Waals surface area contributed by atoms with Crippen LogP contribution in [-0.4, -0.2) is 26.3 Å². The molecule has 0 aliphatic heterocycles. The molecule has 0 bridgehead atoms. The molecule has 0 saturated heterocycles. The molecule has 3 aromatic rings. The van der Waals surface area contributed by atoms with Gasteiger partial charge in [0.25, 0.3) is 5.22 Å². The van der Waals surface area contributed by atoms with Crippen LogP contribution in [-0.2, 0) is 11.3 Å². The van der Waals surface area contributed by atoms with Crippen LogP contribution in [0, 0.1) is 0 Å². The minimum absolute atomic E-state index is 0.0629. The molecule has 0 aliphatic rings. The Morgan fingerprint density at radius 3 is 2.91 bits per heavy atom. The van der Waals surface area contributed by atoms with Gasteiger partial charge >= 0.3 is 0 Å². The van der Waals surface area contributed by atoms with Crippen molar-refractivity contribution in [1.82, 2.24) is 20.5 Å². The third-order valence-electron chi connectivity index (χ3n) is 3.00. The van der Waals surface area contributed by atoms with Crippen molar-refractivity contribution in [3.05, 3.63) is 46.9 Å². The molecule has 3 heterocycles. The zero-order valence-electron chi connectivity index (χ0n) is 12.3. The average molecular weight is 346 g/mol. The maximum absolute atomic E-state index is 12.1. The molecular weight excluding hydrogens is 332 g/mol. The SMILES string of the molecule is C[C@@H](Sc1nnc(-c2ccncc2)o1)C(=O)NCc1cccs1. The molecule has 0 radical (unpaired) electrons. The zero-order chi connectivity index (χ0) is 16.1. The second kappa shape index (κ2) is 7.38. The summed E-state index contributed by atoms with van der Waals surface area (Å²) in [5.41, 5.74) is 0.800. The minimum atomic E-state index is -0.319. The largest absolute Gasteiger partial charge is 0.411 e. The molecule has 6 nitrogen and oxygen atoms in total. The summed E-state index contributed by atoms with van der Waals surface area (Å²) in [4.78, 5) is 17.2. The number of rotatable bonds is 6. The van der Waals surface area contributed by atoms with E-state index < -0.39 is 0 Å². The highest BCUT2D eigenvalue weighted by Gasteiger charge is 2.18. The Hall–Kier alpha value is -2.19. The van der Waals surface area contributed by atoms with Crippen LogP contribution >= 0.6 is 23.1 Å². The molecule has 1 atom stereocenters. The molecule has 23 heavy (non-hydrogen) atoms. The van der Waals surface area contributed by atoms with Gasteiger partial charge in [-0.15, -0.1) is 21.5 Å². The van der Waals surface area contributed by atoms with Crippen LogP contribution in [0.5, 0.6) is 0 Å². The van der Waals surface area contributed by atoms with E-state index in [1.807, 2.05) is 24.4 Å². The molecule has 118 valence electrons. The maximum atomic E-state index is 12.1. The molecule has 3 aromatic heterocycles. The zero-order valence-corrected chi connectivity index (χ0v) is 13.9. The topological polar surface area (TPSA) is 80.9 Å². The molecule has 1 amide bonds. The van der Waals surface area contributed by atoms with Gasteiger partial charge in [-0.05, 0) is 30.5 Å². The second-order valence-electron chi connectivity index (χ2n) is 4.67. The number of nitrogens with one attached hydrogen (secondary N) is 1. The highest BCUT2D eigenvalue weighted by molar-refractivity contribution is 8.00. The first kappa shape index (κ1) is 15.7.